The third-order valence-electron chi connectivity index (χ3n) is 4.89. The number of halogens is 2. The summed E-state index contributed by atoms with van der Waals surface area (Å²) in [6.07, 6.45) is 4.77. The van der Waals surface area contributed by atoms with Crippen molar-refractivity contribution in [1.29, 1.82) is 0 Å². The second-order valence-corrected chi connectivity index (χ2v) is 7.30. The van der Waals surface area contributed by atoms with Gasteiger partial charge in [0, 0.05) is 17.7 Å². The number of fused-ring (bicyclic) bond motifs is 1. The van der Waals surface area contributed by atoms with Gasteiger partial charge in [-0.3, -0.25) is 14.9 Å². The van der Waals surface area contributed by atoms with Crippen molar-refractivity contribution >= 4 is 41.2 Å². The van der Waals surface area contributed by atoms with E-state index in [4.69, 9.17) is 0 Å². The maximum Gasteiger partial charge on any atom is 0.326 e. The molecule has 162 valence electrons. The number of rotatable bonds is 5. The normalized spacial score (nSPS) is 16.9. The summed E-state index contributed by atoms with van der Waals surface area (Å²) in [6.45, 7) is 0. The highest BCUT2D eigenvalue weighted by Gasteiger charge is 2.26. The zero-order chi connectivity index (χ0) is 22.4. The van der Waals surface area contributed by atoms with Crippen LogP contribution in [0.25, 0.3) is 11.7 Å². The molecule has 32 heavy (non-hydrogen) atoms. The Bertz CT molecular complexity index is 1330. The first-order chi connectivity index (χ1) is 15.4. The Morgan fingerprint density at radius 2 is 2.03 bits per heavy atom. The van der Waals surface area contributed by atoms with Crippen molar-refractivity contribution in [3.8, 4) is 0 Å². The molecule has 1 saturated carbocycles. The number of carbonyl (C=O) groups is 3. The Balaban J connectivity index is 1.54. The zero-order valence-electron chi connectivity index (χ0n) is 16.3. The van der Waals surface area contributed by atoms with Crippen LogP contribution in [0, 0.1) is 11.6 Å². The third-order valence-corrected chi connectivity index (χ3v) is 4.89. The van der Waals surface area contributed by atoms with E-state index in [9.17, 15) is 23.2 Å². The highest BCUT2D eigenvalue weighted by molar-refractivity contribution is 6.14. The molecule has 3 aromatic rings. The molecule has 4 N–H and O–H groups in total. The lowest BCUT2D eigenvalue weighted by Gasteiger charge is -2.11. The Kier molecular flexibility index (Phi) is 4.54. The van der Waals surface area contributed by atoms with Gasteiger partial charge in [0.25, 0.3) is 11.8 Å². The molecule has 1 aromatic carbocycles. The first-order valence-electron chi connectivity index (χ1n) is 9.64. The molecular formula is C20H15F2N7O3. The molecule has 2 fully saturated rings. The molecule has 1 aliphatic carbocycles. The molecule has 2 aliphatic rings. The molecule has 0 radical (unpaired) electrons. The number of benzene rings is 1. The summed E-state index contributed by atoms with van der Waals surface area (Å²) in [5.74, 6) is -3.31. The highest BCUT2D eigenvalue weighted by Crippen LogP contribution is 2.28. The summed E-state index contributed by atoms with van der Waals surface area (Å²) in [5.41, 5.74) is 0.209. The van der Waals surface area contributed by atoms with Crippen molar-refractivity contribution < 1.29 is 23.2 Å². The van der Waals surface area contributed by atoms with Crippen LogP contribution in [0.1, 0.15) is 28.8 Å². The molecule has 3 heterocycles. The lowest BCUT2D eigenvalue weighted by Crippen LogP contribution is -2.22. The minimum Gasteiger partial charge on any atom is -0.367 e. The van der Waals surface area contributed by atoms with Gasteiger partial charge in [-0.05, 0) is 31.1 Å². The van der Waals surface area contributed by atoms with E-state index in [1.807, 2.05) is 0 Å². The van der Waals surface area contributed by atoms with E-state index >= 15 is 0 Å². The molecule has 4 amide bonds. The van der Waals surface area contributed by atoms with E-state index in [0.29, 0.717) is 11.4 Å². The van der Waals surface area contributed by atoms with Gasteiger partial charge in [-0.25, -0.2) is 18.6 Å². The standard InChI is InChI=1S/C20H15F2N7O3/c21-12-3-1-2-11(16(12)22)18(30)27-14-7-15(24-10-4-5-10)29-17(26-14)9(8-23-29)6-13-19(31)28-20(32)25-13/h1-3,6-8,10,24H,4-5H2,(H,26,27,30)(H2,25,28,31,32)/b13-6-. The monoisotopic (exact) mass is 439 g/mol. The van der Waals surface area contributed by atoms with Gasteiger partial charge in [-0.2, -0.15) is 9.61 Å². The Labute approximate surface area is 178 Å². The molecule has 0 atom stereocenters. The maximum atomic E-state index is 14.0. The lowest BCUT2D eigenvalue weighted by molar-refractivity contribution is -0.115. The number of carbonyl (C=O) groups excluding carboxylic acids is 3. The first kappa shape index (κ1) is 19.6. The molecule has 12 heteroatoms. The van der Waals surface area contributed by atoms with Crippen LogP contribution < -0.4 is 21.3 Å². The molecule has 0 spiro atoms. The van der Waals surface area contributed by atoms with Gasteiger partial charge >= 0.3 is 6.03 Å². The van der Waals surface area contributed by atoms with Crippen molar-refractivity contribution in [2.45, 2.75) is 18.9 Å². The Hall–Kier alpha value is -4.35. The lowest BCUT2D eigenvalue weighted by atomic mass is 10.2. The average molecular weight is 439 g/mol. The largest absolute Gasteiger partial charge is 0.367 e. The smallest absolute Gasteiger partial charge is 0.326 e. The van der Waals surface area contributed by atoms with Crippen LogP contribution in [0.2, 0.25) is 0 Å². The fraction of sp³-hybridized carbons (Fsp3) is 0.150. The topological polar surface area (TPSA) is 130 Å². The third kappa shape index (κ3) is 3.62. The van der Waals surface area contributed by atoms with E-state index < -0.39 is 35.0 Å². The van der Waals surface area contributed by atoms with Gasteiger partial charge in [-0.15, -0.1) is 0 Å². The van der Waals surface area contributed by atoms with Crippen LogP contribution in [0.3, 0.4) is 0 Å². The fourth-order valence-corrected chi connectivity index (χ4v) is 3.19. The van der Waals surface area contributed by atoms with Gasteiger partial charge in [0.1, 0.15) is 17.3 Å². The predicted octanol–water partition coefficient (Wildman–Crippen LogP) is 2.01. The van der Waals surface area contributed by atoms with Crippen LogP contribution in [-0.2, 0) is 4.79 Å². The molecular weight excluding hydrogens is 424 g/mol. The fourth-order valence-electron chi connectivity index (χ4n) is 3.19. The van der Waals surface area contributed by atoms with Gasteiger partial charge < -0.3 is 16.0 Å². The van der Waals surface area contributed by atoms with Gasteiger partial charge in [-0.1, -0.05) is 6.07 Å². The van der Waals surface area contributed by atoms with Crippen molar-refractivity contribution in [2.75, 3.05) is 10.6 Å². The van der Waals surface area contributed by atoms with Crippen LogP contribution in [-0.4, -0.2) is 38.5 Å². The number of hydrogen-bond donors (Lipinski definition) is 4. The molecule has 2 aromatic heterocycles. The van der Waals surface area contributed by atoms with Crippen molar-refractivity contribution in [1.82, 2.24) is 25.2 Å². The average Bonchev–Trinajstić information content (AvgIpc) is 3.38. The second-order valence-electron chi connectivity index (χ2n) is 7.30. The number of imide groups is 1. The second kappa shape index (κ2) is 7.41. The van der Waals surface area contributed by atoms with Gasteiger partial charge in [0.2, 0.25) is 0 Å². The number of amides is 4. The van der Waals surface area contributed by atoms with E-state index in [1.165, 1.54) is 28.9 Å². The molecule has 0 bridgehead atoms. The zero-order valence-corrected chi connectivity index (χ0v) is 16.3. The van der Waals surface area contributed by atoms with E-state index in [2.05, 4.69) is 31.3 Å². The van der Waals surface area contributed by atoms with Crippen LogP contribution in [0.5, 0.6) is 0 Å². The molecule has 5 rings (SSSR count). The number of anilines is 2. The number of nitrogens with zero attached hydrogens (tertiary/aromatic N) is 3. The first-order valence-corrected chi connectivity index (χ1v) is 9.64. The van der Waals surface area contributed by atoms with Crippen LogP contribution in [0.15, 0.2) is 36.2 Å². The van der Waals surface area contributed by atoms with Gasteiger partial charge in [0.05, 0.1) is 11.8 Å². The molecule has 10 nitrogen and oxygen atoms in total. The number of nitrogens with one attached hydrogen (secondary N) is 4. The molecule has 0 unspecified atom stereocenters. The van der Waals surface area contributed by atoms with Crippen molar-refractivity contribution in [2.24, 2.45) is 0 Å². The summed E-state index contributed by atoms with van der Waals surface area (Å²) in [7, 11) is 0. The Morgan fingerprint density at radius 3 is 2.75 bits per heavy atom. The van der Waals surface area contributed by atoms with E-state index in [-0.39, 0.29) is 23.2 Å². The summed E-state index contributed by atoms with van der Waals surface area (Å²) in [5, 5.41) is 14.5. The SMILES string of the molecule is O=C1NC(=O)/C(=C/c2cnn3c(NC4CC4)cc(NC(=O)c4cccc(F)c4F)nc23)N1. The number of aromatic nitrogens is 3. The van der Waals surface area contributed by atoms with E-state index in [1.54, 1.807) is 0 Å². The predicted molar refractivity (Wildman–Crippen MR) is 109 cm³/mol. The van der Waals surface area contributed by atoms with Crippen LogP contribution in [0.4, 0.5) is 25.2 Å². The quantitative estimate of drug-likeness (QED) is 0.356. The summed E-state index contributed by atoms with van der Waals surface area (Å²) >= 11 is 0. The molecule has 1 aliphatic heterocycles. The Morgan fingerprint density at radius 1 is 1.22 bits per heavy atom. The number of hydrogen-bond acceptors (Lipinski definition) is 6. The number of urea groups is 1. The maximum absolute atomic E-state index is 14.0. The summed E-state index contributed by atoms with van der Waals surface area (Å²) < 4.78 is 29.0. The van der Waals surface area contributed by atoms with Gasteiger partial charge in [0.15, 0.2) is 17.3 Å². The molecule has 1 saturated heterocycles. The highest BCUT2D eigenvalue weighted by atomic mass is 19.2. The minimum atomic E-state index is -1.26. The summed E-state index contributed by atoms with van der Waals surface area (Å²) in [4.78, 5) is 40.1. The van der Waals surface area contributed by atoms with Crippen molar-refractivity contribution in [3.63, 3.8) is 0 Å². The van der Waals surface area contributed by atoms with Crippen LogP contribution >= 0.6 is 0 Å². The van der Waals surface area contributed by atoms with Crippen molar-refractivity contribution in [3.05, 3.63) is 58.9 Å². The minimum absolute atomic E-state index is 0.0136. The summed E-state index contributed by atoms with van der Waals surface area (Å²) in [6, 6.07) is 4.41. The van der Waals surface area contributed by atoms with E-state index in [0.717, 1.165) is 25.0 Å².